The number of nitrogen functional groups attached to an aromatic ring is 1. The van der Waals surface area contributed by atoms with Crippen molar-refractivity contribution in [3.8, 4) is 0 Å². The predicted octanol–water partition coefficient (Wildman–Crippen LogP) is 3.92. The lowest BCUT2D eigenvalue weighted by Crippen LogP contribution is -2.71. The first-order chi connectivity index (χ1) is 13.8. The van der Waals surface area contributed by atoms with E-state index in [0.29, 0.717) is 12.1 Å². The molecule has 3 rings (SSSR count). The average molecular weight is 414 g/mol. The Morgan fingerprint density at radius 2 is 1.79 bits per heavy atom. The molecule has 0 bridgehead atoms. The summed E-state index contributed by atoms with van der Waals surface area (Å²) in [7, 11) is 0. The second kappa shape index (κ2) is 9.91. The van der Waals surface area contributed by atoms with E-state index in [0.717, 1.165) is 39.6 Å². The van der Waals surface area contributed by atoms with Gasteiger partial charge in [0.25, 0.3) is 0 Å². The maximum Gasteiger partial charge on any atom is 0.335 e. The minimum atomic E-state index is -0.944. The number of carbonyl (C=O) groups is 1. The third-order valence-corrected chi connectivity index (χ3v) is 4.53. The van der Waals surface area contributed by atoms with Crippen LogP contribution in [0.1, 0.15) is 29.3 Å². The van der Waals surface area contributed by atoms with E-state index in [1.54, 1.807) is 24.3 Å². The van der Waals surface area contributed by atoms with Gasteiger partial charge in [-0.1, -0.05) is 6.08 Å². The molecule has 0 saturated carbocycles. The van der Waals surface area contributed by atoms with Crippen LogP contribution < -0.4 is 16.8 Å². The van der Waals surface area contributed by atoms with Crippen LogP contribution in [0.5, 0.6) is 0 Å². The van der Waals surface area contributed by atoms with Crippen LogP contribution in [0.4, 0.5) is 22.7 Å². The topological polar surface area (TPSA) is 118 Å². The highest BCUT2D eigenvalue weighted by atomic mass is 35.5. The van der Waals surface area contributed by atoms with Crippen LogP contribution in [0.2, 0.25) is 0 Å². The number of benzene rings is 2. The molecule has 0 spiro atoms. The number of hydrogen-bond donors (Lipinski definition) is 4. The number of halogens is 1. The van der Waals surface area contributed by atoms with Gasteiger partial charge in [0.1, 0.15) is 11.4 Å². The number of carboxylic acid groups (broad SMARTS) is 1. The SMILES string of the molecule is CC1=CC(=Nc2cc(C)c(N)cc2[NH2+]c2ccc(C(=O)O)cc2)CC=C1N.CCl. The minimum absolute atomic E-state index is 0.253. The first-order valence-electron chi connectivity index (χ1n) is 9.01. The van der Waals surface area contributed by atoms with Gasteiger partial charge >= 0.3 is 5.97 Å². The number of nitrogens with two attached hydrogens (primary N) is 3. The lowest BCUT2D eigenvalue weighted by atomic mass is 10.0. The molecule has 29 heavy (non-hydrogen) atoms. The molecule has 1 aliphatic carbocycles. The van der Waals surface area contributed by atoms with Gasteiger partial charge in [0.15, 0.2) is 5.69 Å². The van der Waals surface area contributed by atoms with Crippen LogP contribution in [-0.2, 0) is 0 Å². The maximum atomic E-state index is 11.0. The number of rotatable bonds is 4. The molecule has 7 heteroatoms. The molecule has 0 atom stereocenters. The van der Waals surface area contributed by atoms with Crippen molar-refractivity contribution in [3.05, 3.63) is 70.9 Å². The normalized spacial score (nSPS) is 14.6. The fourth-order valence-corrected chi connectivity index (χ4v) is 2.84. The van der Waals surface area contributed by atoms with Crippen LogP contribution >= 0.6 is 11.6 Å². The van der Waals surface area contributed by atoms with Gasteiger partial charge in [0.2, 0.25) is 0 Å². The summed E-state index contributed by atoms with van der Waals surface area (Å²) in [6.07, 6.45) is 6.11. The molecule has 7 N–H and O–H groups in total. The molecule has 2 aromatic carbocycles. The summed E-state index contributed by atoms with van der Waals surface area (Å²) < 4.78 is 0. The second-order valence-electron chi connectivity index (χ2n) is 6.63. The standard InChI is InChI=1S/C21H22N4O2.CH3Cl/c1-12-9-16(7-8-17(12)22)25-19-10-13(2)18(23)11-20(19)24-15-5-3-14(4-6-15)21(26)27;1-2/h3-6,8-11,24H,7,22-23H2,1-2H3,(H,26,27);1H3/p+1. The number of allylic oxidation sites excluding steroid dienone is 3. The number of quaternary nitrogens is 1. The quantitative estimate of drug-likeness (QED) is 0.448. The number of nitrogens with zero attached hydrogens (tertiary/aromatic N) is 1. The molecule has 2 aromatic rings. The van der Waals surface area contributed by atoms with Gasteiger partial charge in [0.05, 0.1) is 5.56 Å². The van der Waals surface area contributed by atoms with E-state index in [1.807, 2.05) is 43.4 Å². The van der Waals surface area contributed by atoms with Crippen molar-refractivity contribution in [2.24, 2.45) is 10.7 Å². The molecule has 0 heterocycles. The van der Waals surface area contributed by atoms with Crippen molar-refractivity contribution in [1.29, 1.82) is 0 Å². The molecule has 0 fully saturated rings. The fraction of sp³-hybridized carbons (Fsp3) is 0.182. The van der Waals surface area contributed by atoms with E-state index in [9.17, 15) is 4.79 Å². The number of alkyl halides is 1. The Bertz CT molecular complexity index is 993. The van der Waals surface area contributed by atoms with Gasteiger partial charge in [-0.15, -0.1) is 11.6 Å². The summed E-state index contributed by atoms with van der Waals surface area (Å²) in [5, 5.41) is 11.0. The first-order valence-corrected chi connectivity index (χ1v) is 9.77. The van der Waals surface area contributed by atoms with Gasteiger partial charge in [0, 0.05) is 48.1 Å². The maximum absolute atomic E-state index is 11.0. The van der Waals surface area contributed by atoms with Crippen LogP contribution in [0.15, 0.2) is 64.8 Å². The Kier molecular flexibility index (Phi) is 7.59. The zero-order valence-electron chi connectivity index (χ0n) is 16.7. The molecule has 6 nitrogen and oxygen atoms in total. The number of carboxylic acids is 1. The van der Waals surface area contributed by atoms with Gasteiger partial charge in [-0.05, 0) is 49.3 Å². The van der Waals surface area contributed by atoms with Gasteiger partial charge in [-0.3, -0.25) is 5.32 Å². The highest BCUT2D eigenvalue weighted by Crippen LogP contribution is 2.29. The number of aryl methyl sites for hydroxylation is 1. The molecule has 1 aliphatic rings. The number of aliphatic imine (C=N–C) groups is 1. The summed E-state index contributed by atoms with van der Waals surface area (Å²) in [6.45, 7) is 3.91. The third kappa shape index (κ3) is 5.70. The summed E-state index contributed by atoms with van der Waals surface area (Å²) in [6, 6.07) is 10.6. The Labute approximate surface area is 175 Å². The molecular formula is C22H26ClN4O2+. The Balaban J connectivity index is 0.00000145. The van der Waals surface area contributed by atoms with Crippen LogP contribution in [-0.4, -0.2) is 23.2 Å². The van der Waals surface area contributed by atoms with Crippen molar-refractivity contribution in [3.63, 3.8) is 0 Å². The smallest absolute Gasteiger partial charge is 0.335 e. The minimum Gasteiger partial charge on any atom is -0.478 e. The van der Waals surface area contributed by atoms with Gasteiger partial charge in [-0.2, -0.15) is 0 Å². The molecule has 0 saturated heterocycles. The fourth-order valence-electron chi connectivity index (χ4n) is 2.84. The molecule has 0 amide bonds. The van der Waals surface area contributed by atoms with Crippen LogP contribution in [0.3, 0.4) is 0 Å². The highest BCUT2D eigenvalue weighted by molar-refractivity contribution is 6.15. The number of aromatic carboxylic acids is 1. The third-order valence-electron chi connectivity index (χ3n) is 4.53. The zero-order valence-corrected chi connectivity index (χ0v) is 17.5. The molecule has 0 aliphatic heterocycles. The predicted molar refractivity (Wildman–Crippen MR) is 120 cm³/mol. The Hall–Kier alpha value is -3.09. The monoisotopic (exact) mass is 413 g/mol. The molecule has 0 radical (unpaired) electrons. The van der Waals surface area contributed by atoms with E-state index in [4.69, 9.17) is 21.6 Å². The number of hydrogen-bond acceptors (Lipinski definition) is 4. The van der Waals surface area contributed by atoms with Gasteiger partial charge < -0.3 is 16.6 Å². The Morgan fingerprint density at radius 3 is 2.38 bits per heavy atom. The van der Waals surface area contributed by atoms with Gasteiger partial charge in [-0.25, -0.2) is 9.79 Å². The van der Waals surface area contributed by atoms with E-state index < -0.39 is 5.97 Å². The van der Waals surface area contributed by atoms with Crippen molar-refractivity contribution < 1.29 is 15.2 Å². The van der Waals surface area contributed by atoms with Crippen molar-refractivity contribution in [2.75, 3.05) is 12.1 Å². The molecular weight excluding hydrogens is 388 g/mol. The second-order valence-corrected chi connectivity index (χ2v) is 6.63. The van der Waals surface area contributed by atoms with Crippen molar-refractivity contribution in [1.82, 2.24) is 0 Å². The van der Waals surface area contributed by atoms with Crippen molar-refractivity contribution in [2.45, 2.75) is 20.3 Å². The van der Waals surface area contributed by atoms with Crippen LogP contribution in [0, 0.1) is 6.92 Å². The molecule has 0 unspecified atom stereocenters. The summed E-state index contributed by atoms with van der Waals surface area (Å²) >= 11 is 4.64. The Morgan fingerprint density at radius 1 is 1.14 bits per heavy atom. The largest absolute Gasteiger partial charge is 0.478 e. The molecule has 0 aromatic heterocycles. The molecule has 152 valence electrons. The first kappa shape index (κ1) is 22.2. The summed E-state index contributed by atoms with van der Waals surface area (Å²) in [4.78, 5) is 15.8. The van der Waals surface area contributed by atoms with E-state index in [1.165, 1.54) is 6.38 Å². The van der Waals surface area contributed by atoms with E-state index in [2.05, 4.69) is 11.6 Å². The van der Waals surface area contributed by atoms with E-state index >= 15 is 0 Å². The summed E-state index contributed by atoms with van der Waals surface area (Å²) in [5.41, 5.74) is 19.2. The number of anilines is 1. The lowest BCUT2D eigenvalue weighted by Gasteiger charge is -2.12. The van der Waals surface area contributed by atoms with Crippen molar-refractivity contribution >= 4 is 46.0 Å². The van der Waals surface area contributed by atoms with E-state index in [-0.39, 0.29) is 5.56 Å². The zero-order chi connectivity index (χ0) is 21.6. The average Bonchev–Trinajstić information content (AvgIpc) is 2.70. The highest BCUT2D eigenvalue weighted by Gasteiger charge is 2.13. The summed E-state index contributed by atoms with van der Waals surface area (Å²) in [5.74, 6) is -0.944. The lowest BCUT2D eigenvalue weighted by molar-refractivity contribution is -0.477. The van der Waals surface area contributed by atoms with Crippen LogP contribution in [0.25, 0.3) is 0 Å².